The number of carbonyl (C=O) groups is 1. The highest BCUT2D eigenvalue weighted by Crippen LogP contribution is 2.68. The lowest BCUT2D eigenvalue weighted by atomic mass is 9.47. The van der Waals surface area contributed by atoms with Crippen molar-refractivity contribution in [1.29, 1.82) is 5.26 Å². The lowest BCUT2D eigenvalue weighted by Crippen LogP contribution is -2.64. The molecule has 1 aromatic carbocycles. The predicted molar refractivity (Wildman–Crippen MR) is 99.9 cm³/mol. The number of esters is 1. The lowest BCUT2D eigenvalue weighted by Gasteiger charge is -2.56. The highest BCUT2D eigenvalue weighted by molar-refractivity contribution is 7.78. The molecular weight excluding hydrogens is 348 g/mol. The Morgan fingerprint density at radius 2 is 2.15 bits per heavy atom. The normalized spacial score (nSPS) is 34.3. The Balaban J connectivity index is 2.32. The molecule has 1 spiro atoms. The van der Waals surface area contributed by atoms with Crippen LogP contribution in [0.3, 0.4) is 0 Å². The number of carbonyl (C=O) groups excluding carboxylic acids is 1. The Hall–Kier alpha value is -2.06. The first-order valence-electron chi connectivity index (χ1n) is 8.78. The van der Waals surface area contributed by atoms with Crippen molar-refractivity contribution in [3.8, 4) is 6.07 Å². The average molecular weight is 370 g/mol. The van der Waals surface area contributed by atoms with Crippen molar-refractivity contribution in [3.05, 3.63) is 34.9 Å². The van der Waals surface area contributed by atoms with E-state index in [4.69, 9.17) is 21.7 Å². The van der Waals surface area contributed by atoms with Gasteiger partial charge in [-0.25, -0.2) is 9.79 Å². The fraction of sp³-hybridized carbons (Fsp3) is 0.550. The summed E-state index contributed by atoms with van der Waals surface area (Å²) >= 11 is 4.92. The van der Waals surface area contributed by atoms with Crippen LogP contribution in [-0.4, -0.2) is 31.0 Å². The average Bonchev–Trinajstić information content (AvgIpc) is 2.91. The number of benzene rings is 1. The van der Waals surface area contributed by atoms with Crippen LogP contribution >= 0.6 is 12.2 Å². The second kappa shape index (κ2) is 6.59. The van der Waals surface area contributed by atoms with Crippen LogP contribution in [0.1, 0.15) is 43.9 Å². The predicted octanol–water partition coefficient (Wildman–Crippen LogP) is 3.36. The lowest BCUT2D eigenvalue weighted by molar-refractivity contribution is -0.157. The summed E-state index contributed by atoms with van der Waals surface area (Å²) < 4.78 is 11.2. The van der Waals surface area contributed by atoms with Crippen LogP contribution in [0.2, 0.25) is 0 Å². The molecule has 2 aliphatic carbocycles. The summed E-state index contributed by atoms with van der Waals surface area (Å²) in [6.45, 7) is 6.22. The van der Waals surface area contributed by atoms with Gasteiger partial charge in [0.15, 0.2) is 0 Å². The zero-order valence-electron chi connectivity index (χ0n) is 15.4. The van der Waals surface area contributed by atoms with Gasteiger partial charge < -0.3 is 9.47 Å². The van der Waals surface area contributed by atoms with Crippen molar-refractivity contribution in [2.75, 3.05) is 13.7 Å². The molecule has 0 aliphatic heterocycles. The summed E-state index contributed by atoms with van der Waals surface area (Å²) in [6, 6.07) is 7.58. The van der Waals surface area contributed by atoms with Gasteiger partial charge in [-0.1, -0.05) is 19.9 Å². The molecule has 136 valence electrons. The maximum Gasteiger partial charge on any atom is 0.340 e. The summed E-state index contributed by atoms with van der Waals surface area (Å²) in [6.07, 6.45) is 0.721. The number of isothiocyanates is 1. The number of rotatable bonds is 4. The molecule has 0 aromatic heterocycles. The zero-order valence-corrected chi connectivity index (χ0v) is 16.2. The number of methoxy groups -OCH3 is 1. The van der Waals surface area contributed by atoms with Gasteiger partial charge in [-0.2, -0.15) is 5.26 Å². The molecule has 1 unspecified atom stereocenters. The van der Waals surface area contributed by atoms with Crippen LogP contribution in [0.25, 0.3) is 0 Å². The minimum Gasteiger partial charge on any atom is -0.464 e. The van der Waals surface area contributed by atoms with Crippen molar-refractivity contribution in [3.63, 3.8) is 0 Å². The highest BCUT2D eigenvalue weighted by atomic mass is 32.1. The molecule has 0 saturated heterocycles. The van der Waals surface area contributed by atoms with Crippen LogP contribution in [0.5, 0.6) is 0 Å². The van der Waals surface area contributed by atoms with Crippen LogP contribution in [0.15, 0.2) is 23.2 Å². The first-order valence-corrected chi connectivity index (χ1v) is 9.19. The van der Waals surface area contributed by atoms with Gasteiger partial charge in [0.25, 0.3) is 0 Å². The topological polar surface area (TPSA) is 71.7 Å². The summed E-state index contributed by atoms with van der Waals surface area (Å²) in [5, 5.41) is 11.7. The third-order valence-electron chi connectivity index (χ3n) is 6.20. The Kier molecular flexibility index (Phi) is 4.74. The molecule has 5 nitrogen and oxygen atoms in total. The summed E-state index contributed by atoms with van der Waals surface area (Å²) in [5.74, 6) is -0.164. The van der Waals surface area contributed by atoms with Crippen molar-refractivity contribution in [2.45, 2.75) is 44.2 Å². The van der Waals surface area contributed by atoms with Crippen molar-refractivity contribution in [1.82, 2.24) is 0 Å². The molecule has 3 rings (SSSR count). The number of thiocarbonyl (C=S) groups is 1. The number of nitrogens with zero attached hydrogens (tertiary/aromatic N) is 2. The first kappa shape index (κ1) is 18.7. The monoisotopic (exact) mass is 370 g/mol. The van der Waals surface area contributed by atoms with E-state index in [1.165, 1.54) is 0 Å². The summed E-state index contributed by atoms with van der Waals surface area (Å²) in [7, 11) is 1.70. The van der Waals surface area contributed by atoms with E-state index in [0.29, 0.717) is 11.1 Å². The molecule has 1 fully saturated rings. The van der Waals surface area contributed by atoms with Gasteiger partial charge >= 0.3 is 5.97 Å². The van der Waals surface area contributed by atoms with E-state index in [0.717, 1.165) is 12.0 Å². The SMILES string of the molecule is CCOC(=O)C1(N=C=S)c2cc(C#N)ccc2[C@@]12C[C@@H](C)[C@H](OC)[C@H]2C. The maximum absolute atomic E-state index is 13.2. The number of fused-ring (bicyclic) bond motifs is 2. The fourth-order valence-electron chi connectivity index (χ4n) is 5.33. The van der Waals surface area contributed by atoms with Crippen LogP contribution < -0.4 is 0 Å². The van der Waals surface area contributed by atoms with E-state index in [2.05, 4.69) is 30.1 Å². The Labute approximate surface area is 159 Å². The largest absolute Gasteiger partial charge is 0.464 e. The zero-order chi connectivity index (χ0) is 19.1. The van der Waals surface area contributed by atoms with Crippen LogP contribution in [-0.2, 0) is 25.2 Å². The van der Waals surface area contributed by atoms with Gasteiger partial charge in [-0.05, 0) is 60.7 Å². The molecule has 2 aliphatic rings. The van der Waals surface area contributed by atoms with Crippen LogP contribution in [0.4, 0.5) is 0 Å². The minimum atomic E-state index is -1.27. The quantitative estimate of drug-likeness (QED) is 0.462. The number of hydrogen-bond acceptors (Lipinski definition) is 6. The van der Waals surface area contributed by atoms with Gasteiger partial charge in [0.2, 0.25) is 5.54 Å². The molecule has 0 radical (unpaired) electrons. The Bertz CT molecular complexity index is 842. The molecule has 5 atom stereocenters. The molecule has 0 heterocycles. The summed E-state index contributed by atoms with van der Waals surface area (Å²) in [5.41, 5.74) is 0.358. The molecule has 0 amide bonds. The van der Waals surface area contributed by atoms with E-state index >= 15 is 0 Å². The van der Waals surface area contributed by atoms with E-state index in [9.17, 15) is 10.1 Å². The van der Waals surface area contributed by atoms with Gasteiger partial charge in [0.1, 0.15) is 0 Å². The molecule has 1 saturated carbocycles. The van der Waals surface area contributed by atoms with Gasteiger partial charge in [-0.3, -0.25) is 0 Å². The second-order valence-electron chi connectivity index (χ2n) is 7.15. The summed E-state index contributed by atoms with van der Waals surface area (Å²) in [4.78, 5) is 17.6. The molecular formula is C20H22N2O3S. The molecule has 6 heteroatoms. The number of hydrogen-bond donors (Lipinski definition) is 0. The standard InChI is InChI=1S/C20H22N2O3S/c1-5-25-18(23)20(22-11-26)16-8-14(10-21)6-7-15(16)19(20)9-12(2)17(24-4)13(19)3/h6-8,12-13,17H,5,9H2,1-4H3/t12-,13-,17+,19+,20?/m1/s1. The minimum absolute atomic E-state index is 0.00656. The maximum atomic E-state index is 13.2. The van der Waals surface area contributed by atoms with Crippen molar-refractivity contribution >= 4 is 23.3 Å². The van der Waals surface area contributed by atoms with Crippen LogP contribution in [0, 0.1) is 23.2 Å². The number of nitriles is 1. The third kappa shape index (κ3) is 2.08. The van der Waals surface area contributed by atoms with Gasteiger partial charge in [-0.15, -0.1) is 0 Å². The van der Waals surface area contributed by atoms with E-state index in [1.807, 2.05) is 6.07 Å². The fourth-order valence-corrected chi connectivity index (χ4v) is 5.47. The van der Waals surface area contributed by atoms with Crippen molar-refractivity contribution in [2.24, 2.45) is 16.8 Å². The third-order valence-corrected chi connectivity index (χ3v) is 6.29. The van der Waals surface area contributed by atoms with E-state index < -0.39 is 16.9 Å². The number of ether oxygens (including phenoxy) is 2. The van der Waals surface area contributed by atoms with Crippen molar-refractivity contribution < 1.29 is 14.3 Å². The van der Waals surface area contributed by atoms with Gasteiger partial charge in [0.05, 0.1) is 29.5 Å². The molecule has 0 bridgehead atoms. The molecule has 1 aromatic rings. The molecule has 26 heavy (non-hydrogen) atoms. The highest BCUT2D eigenvalue weighted by Gasteiger charge is 2.74. The Morgan fingerprint density at radius 1 is 1.42 bits per heavy atom. The Morgan fingerprint density at radius 3 is 2.69 bits per heavy atom. The first-order chi connectivity index (χ1) is 12.4. The second-order valence-corrected chi connectivity index (χ2v) is 7.33. The molecule has 0 N–H and O–H groups in total. The number of aliphatic imine (C=N–C) groups is 1. The van der Waals surface area contributed by atoms with E-state index in [1.54, 1.807) is 26.2 Å². The van der Waals surface area contributed by atoms with Gasteiger partial charge in [0, 0.05) is 12.5 Å². The smallest absolute Gasteiger partial charge is 0.340 e. The van der Waals surface area contributed by atoms with E-state index in [-0.39, 0.29) is 24.5 Å².